The molecule has 2 heterocycles. The summed E-state index contributed by atoms with van der Waals surface area (Å²) in [6, 6.07) is 3.63. The van der Waals surface area contributed by atoms with Crippen LogP contribution < -0.4 is 11.1 Å². The number of pyridine rings is 1. The topological polar surface area (TPSA) is 98.2 Å². The molecule has 120 valence electrons. The van der Waals surface area contributed by atoms with Crippen molar-refractivity contribution < 1.29 is 4.79 Å². The van der Waals surface area contributed by atoms with Crippen molar-refractivity contribution in [3.8, 4) is 5.69 Å². The van der Waals surface area contributed by atoms with Crippen LogP contribution in [-0.4, -0.2) is 33.4 Å². The molecule has 7 nitrogen and oxygen atoms in total. The van der Waals surface area contributed by atoms with Gasteiger partial charge >= 0.3 is 0 Å². The van der Waals surface area contributed by atoms with Gasteiger partial charge in [-0.15, -0.1) is 0 Å². The van der Waals surface area contributed by atoms with E-state index in [4.69, 9.17) is 17.3 Å². The quantitative estimate of drug-likeness (QED) is 0.791. The largest absolute Gasteiger partial charge is 0.405 e. The second kappa shape index (κ2) is 8.09. The van der Waals surface area contributed by atoms with Crippen LogP contribution >= 0.6 is 11.6 Å². The minimum Gasteiger partial charge on any atom is -0.405 e. The van der Waals surface area contributed by atoms with Crippen molar-refractivity contribution in [2.24, 2.45) is 16.6 Å². The Bertz CT molecular complexity index is 710. The molecule has 2 aromatic heterocycles. The number of rotatable bonds is 6. The maximum Gasteiger partial charge on any atom is 0.229 e. The van der Waals surface area contributed by atoms with Crippen LogP contribution in [0.2, 0.25) is 5.15 Å². The minimum atomic E-state index is -0.310. The first-order valence-corrected chi connectivity index (χ1v) is 7.32. The molecule has 1 unspecified atom stereocenters. The Balaban J connectivity index is 2.03. The zero-order valence-corrected chi connectivity index (χ0v) is 13.3. The lowest BCUT2D eigenvalue weighted by Crippen LogP contribution is -2.22. The molecule has 3 N–H and O–H groups in total. The summed E-state index contributed by atoms with van der Waals surface area (Å²) in [6.07, 6.45) is 9.48. The Morgan fingerprint density at radius 1 is 1.61 bits per heavy atom. The third-order valence-corrected chi connectivity index (χ3v) is 3.25. The number of carbonyl (C=O) groups excluding carboxylic acids is 1. The molecule has 2 rings (SSSR count). The van der Waals surface area contributed by atoms with Crippen LogP contribution in [0.3, 0.4) is 0 Å². The second-order valence-electron chi connectivity index (χ2n) is 4.78. The van der Waals surface area contributed by atoms with E-state index < -0.39 is 0 Å². The molecule has 0 radical (unpaired) electrons. The zero-order valence-electron chi connectivity index (χ0n) is 12.6. The van der Waals surface area contributed by atoms with Crippen molar-refractivity contribution >= 4 is 29.4 Å². The highest BCUT2D eigenvalue weighted by atomic mass is 35.5. The molecule has 1 amide bonds. The number of hydrogen-bond acceptors (Lipinski definition) is 5. The number of nitrogens with zero attached hydrogens (tertiary/aromatic N) is 4. The Morgan fingerprint density at radius 3 is 3.13 bits per heavy atom. The van der Waals surface area contributed by atoms with Gasteiger partial charge in [-0.05, 0) is 24.4 Å². The van der Waals surface area contributed by atoms with Gasteiger partial charge < -0.3 is 11.1 Å². The fourth-order valence-electron chi connectivity index (χ4n) is 1.73. The van der Waals surface area contributed by atoms with E-state index in [0.29, 0.717) is 12.2 Å². The van der Waals surface area contributed by atoms with Crippen molar-refractivity contribution in [2.75, 3.05) is 11.9 Å². The zero-order chi connectivity index (χ0) is 16.7. The molecule has 0 bridgehead atoms. The van der Waals surface area contributed by atoms with Gasteiger partial charge in [0.2, 0.25) is 5.91 Å². The van der Waals surface area contributed by atoms with Crippen LogP contribution in [0.1, 0.15) is 6.92 Å². The number of carbonyl (C=O) groups is 1. The number of nitrogens with one attached hydrogen (secondary N) is 1. The number of allylic oxidation sites excluding steroid dienone is 1. The Labute approximate surface area is 138 Å². The highest BCUT2D eigenvalue weighted by Gasteiger charge is 2.16. The third kappa shape index (κ3) is 4.65. The summed E-state index contributed by atoms with van der Waals surface area (Å²) in [5.41, 5.74) is 6.39. The van der Waals surface area contributed by atoms with Gasteiger partial charge in [0.05, 0.1) is 36.2 Å². The Morgan fingerprint density at radius 2 is 2.43 bits per heavy atom. The van der Waals surface area contributed by atoms with E-state index in [2.05, 4.69) is 20.4 Å². The molecular formula is C15H17ClN6O. The van der Waals surface area contributed by atoms with Crippen LogP contribution in [0, 0.1) is 5.92 Å². The number of amides is 1. The van der Waals surface area contributed by atoms with Gasteiger partial charge in [-0.1, -0.05) is 18.5 Å². The van der Waals surface area contributed by atoms with E-state index in [1.807, 2.05) is 6.07 Å². The van der Waals surface area contributed by atoms with Crippen molar-refractivity contribution in [2.45, 2.75) is 6.92 Å². The maximum absolute atomic E-state index is 12.1. The highest BCUT2D eigenvalue weighted by Crippen LogP contribution is 2.22. The molecular weight excluding hydrogens is 316 g/mol. The summed E-state index contributed by atoms with van der Waals surface area (Å²) in [6.45, 7) is 2.13. The van der Waals surface area contributed by atoms with E-state index in [-0.39, 0.29) is 17.0 Å². The van der Waals surface area contributed by atoms with Gasteiger partial charge in [-0.2, -0.15) is 5.10 Å². The monoisotopic (exact) mass is 332 g/mol. The van der Waals surface area contributed by atoms with Gasteiger partial charge in [-0.3, -0.25) is 14.8 Å². The minimum absolute atomic E-state index is 0.188. The van der Waals surface area contributed by atoms with E-state index in [1.54, 1.807) is 48.6 Å². The average Bonchev–Trinajstić information content (AvgIpc) is 2.93. The number of halogens is 1. The molecule has 0 saturated heterocycles. The van der Waals surface area contributed by atoms with Gasteiger partial charge in [-0.25, -0.2) is 4.68 Å². The molecule has 0 aliphatic heterocycles. The molecule has 1 atom stereocenters. The van der Waals surface area contributed by atoms with E-state index in [0.717, 1.165) is 5.69 Å². The smallest absolute Gasteiger partial charge is 0.229 e. The molecule has 0 aliphatic rings. The van der Waals surface area contributed by atoms with Crippen LogP contribution in [0.5, 0.6) is 0 Å². The predicted molar refractivity (Wildman–Crippen MR) is 90.8 cm³/mol. The van der Waals surface area contributed by atoms with Gasteiger partial charge in [0, 0.05) is 12.4 Å². The Kier molecular flexibility index (Phi) is 5.87. The second-order valence-corrected chi connectivity index (χ2v) is 5.14. The molecule has 23 heavy (non-hydrogen) atoms. The first-order valence-electron chi connectivity index (χ1n) is 6.95. The fraction of sp³-hybridized carbons (Fsp3) is 0.200. The van der Waals surface area contributed by atoms with E-state index in [9.17, 15) is 4.79 Å². The summed E-state index contributed by atoms with van der Waals surface area (Å²) < 4.78 is 1.56. The highest BCUT2D eigenvalue weighted by molar-refractivity contribution is 6.32. The standard InChI is InChI=1S/C15H17ClN6O/c1-11(8-18-7-3-5-17)15(23)20-13-10-22(21-14(13)16)12-4-2-6-19-9-12/h2-7,9-11H,8,17H2,1H3,(H,20,23)/b5-3-,18-7?. The molecule has 0 saturated carbocycles. The predicted octanol–water partition coefficient (Wildman–Crippen LogP) is 2.04. The fourth-order valence-corrected chi connectivity index (χ4v) is 1.90. The van der Waals surface area contributed by atoms with Crippen molar-refractivity contribution in [3.63, 3.8) is 0 Å². The Hall–Kier alpha value is -2.67. The summed E-state index contributed by atoms with van der Waals surface area (Å²) in [7, 11) is 0. The summed E-state index contributed by atoms with van der Waals surface area (Å²) in [5.74, 6) is -0.498. The van der Waals surface area contributed by atoms with Crippen LogP contribution in [0.4, 0.5) is 5.69 Å². The first kappa shape index (κ1) is 16.7. The molecule has 0 spiro atoms. The average molecular weight is 333 g/mol. The lowest BCUT2D eigenvalue weighted by Gasteiger charge is -2.08. The number of nitrogens with two attached hydrogens (primary N) is 1. The van der Waals surface area contributed by atoms with Crippen LogP contribution in [0.25, 0.3) is 5.69 Å². The first-order chi connectivity index (χ1) is 11.1. The van der Waals surface area contributed by atoms with E-state index in [1.165, 1.54) is 6.20 Å². The molecule has 2 aromatic rings. The van der Waals surface area contributed by atoms with Crippen molar-refractivity contribution in [3.05, 3.63) is 48.2 Å². The van der Waals surface area contributed by atoms with Crippen molar-refractivity contribution in [1.29, 1.82) is 0 Å². The van der Waals surface area contributed by atoms with Gasteiger partial charge in [0.15, 0.2) is 5.15 Å². The maximum atomic E-state index is 12.1. The van der Waals surface area contributed by atoms with Crippen molar-refractivity contribution in [1.82, 2.24) is 14.8 Å². The molecule has 8 heteroatoms. The summed E-state index contributed by atoms with van der Waals surface area (Å²) in [5, 5.41) is 7.12. The number of aromatic nitrogens is 3. The summed E-state index contributed by atoms with van der Waals surface area (Å²) >= 11 is 6.07. The van der Waals surface area contributed by atoms with Crippen LogP contribution in [-0.2, 0) is 4.79 Å². The molecule has 0 fully saturated rings. The normalized spacial score (nSPS) is 12.8. The lowest BCUT2D eigenvalue weighted by atomic mass is 10.1. The third-order valence-electron chi connectivity index (χ3n) is 2.97. The lowest BCUT2D eigenvalue weighted by molar-refractivity contribution is -0.119. The number of anilines is 1. The number of aliphatic imine (C=N–C) groups is 1. The summed E-state index contributed by atoms with van der Waals surface area (Å²) in [4.78, 5) is 20.2. The van der Waals surface area contributed by atoms with Gasteiger partial charge in [0.1, 0.15) is 0 Å². The number of hydrogen-bond donors (Lipinski definition) is 2. The van der Waals surface area contributed by atoms with E-state index >= 15 is 0 Å². The SMILES string of the molecule is CC(CN=C/C=C\N)C(=O)Nc1cn(-c2cccnc2)nc1Cl. The van der Waals surface area contributed by atoms with Crippen LogP contribution in [0.15, 0.2) is 48.0 Å². The molecule has 0 aromatic carbocycles. The van der Waals surface area contributed by atoms with Gasteiger partial charge in [0.25, 0.3) is 0 Å². The molecule has 0 aliphatic carbocycles.